The average Bonchev–Trinajstić information content (AvgIpc) is 3.56. The van der Waals surface area contributed by atoms with Crippen molar-refractivity contribution in [3.8, 4) is 0 Å². The van der Waals surface area contributed by atoms with E-state index in [0.717, 1.165) is 83.5 Å². The molecule has 0 aromatic heterocycles. The fourth-order valence-corrected chi connectivity index (χ4v) is 10.9. The molecule has 2 fully saturated rings. The van der Waals surface area contributed by atoms with Crippen LogP contribution in [0.3, 0.4) is 0 Å². The summed E-state index contributed by atoms with van der Waals surface area (Å²) >= 11 is 0. The molecular weight excluding hydrogens is 1040 g/mol. The van der Waals surface area contributed by atoms with Crippen LogP contribution in [0.2, 0.25) is 0 Å². The molecule has 478 valence electrons. The molecule has 0 aromatic carbocycles. The first-order valence-corrected chi connectivity index (χ1v) is 33.5. The van der Waals surface area contributed by atoms with Crippen LogP contribution in [0.15, 0.2) is 60.8 Å². The Bertz CT molecular complexity index is 1610. The highest BCUT2D eigenvalue weighted by Crippen LogP contribution is 2.30. The number of hydrogen-bond acceptors (Lipinski definition) is 13. The summed E-state index contributed by atoms with van der Waals surface area (Å²) < 4.78 is 22.9. The van der Waals surface area contributed by atoms with E-state index in [-0.39, 0.29) is 12.5 Å². The lowest BCUT2D eigenvalue weighted by molar-refractivity contribution is -0.359. The summed E-state index contributed by atoms with van der Waals surface area (Å²) in [6.45, 7) is 2.77. The maximum atomic E-state index is 13.3. The lowest BCUT2D eigenvalue weighted by Crippen LogP contribution is -2.65. The van der Waals surface area contributed by atoms with Gasteiger partial charge in [-0.05, 0) is 57.8 Å². The SMILES string of the molecule is CC/C=C\C/C=C\C/C=C\C/C=C\C/C=C\CCCCCCCCCCCC(=O)NC(COC1OC(CO)C(OC2OC(CO)C(O)C(O)C2O)C(O)C1O)C(O)CCCCCCCCCCCCCCCCCCCCCCCCC. The number of ether oxygens (including phenoxy) is 4. The molecule has 0 radical (unpaired) electrons. The molecular formula is C68H123NO13. The van der Waals surface area contributed by atoms with Gasteiger partial charge < -0.3 is 65.1 Å². The number of amides is 1. The fourth-order valence-electron chi connectivity index (χ4n) is 10.9. The van der Waals surface area contributed by atoms with Crippen molar-refractivity contribution in [3.63, 3.8) is 0 Å². The molecule has 12 unspecified atom stereocenters. The molecule has 2 aliphatic heterocycles. The molecule has 0 spiro atoms. The highest BCUT2D eigenvalue weighted by molar-refractivity contribution is 5.76. The average molecular weight is 1160 g/mol. The largest absolute Gasteiger partial charge is 0.394 e. The van der Waals surface area contributed by atoms with E-state index in [0.29, 0.717) is 19.3 Å². The number of carbonyl (C=O) groups is 1. The van der Waals surface area contributed by atoms with Crippen molar-refractivity contribution in [3.05, 3.63) is 60.8 Å². The second kappa shape index (κ2) is 53.0. The van der Waals surface area contributed by atoms with Crippen molar-refractivity contribution >= 4 is 5.91 Å². The van der Waals surface area contributed by atoms with E-state index in [1.165, 1.54) is 154 Å². The van der Waals surface area contributed by atoms with E-state index < -0.39 is 86.8 Å². The standard InChI is InChI=1S/C68H123NO13/c1-3-5-7-9-11-13-15-17-19-21-23-25-27-28-30-32-34-36-38-40-42-44-46-48-50-52-60(73)69-56(55-79-67-65(78)63(76)66(59(54-71)81-67)82-68-64(77)62(75)61(74)58(53-70)80-68)57(72)51-49-47-45-43-41-39-37-35-33-31-29-26-24-22-20-18-16-14-12-10-8-6-4-2/h5,7,11,13,17,19,23,25,28,30,56-59,61-68,70-72,74-78H,3-4,6,8-10,12,14-16,18,20-22,24,26-27,29,31-55H2,1-2H3,(H,69,73)/b7-5-,13-11-,19-17-,25-23-,30-28-. The Morgan fingerprint density at radius 2 is 0.841 bits per heavy atom. The van der Waals surface area contributed by atoms with Crippen molar-refractivity contribution < 1.29 is 64.6 Å². The molecule has 0 aliphatic carbocycles. The number of nitrogens with one attached hydrogen (secondary N) is 1. The zero-order chi connectivity index (χ0) is 59.5. The van der Waals surface area contributed by atoms with Gasteiger partial charge in [0.2, 0.25) is 5.91 Å². The topological polar surface area (TPSA) is 228 Å². The molecule has 14 heteroatoms. The maximum Gasteiger partial charge on any atom is 0.220 e. The van der Waals surface area contributed by atoms with Crippen LogP contribution in [-0.2, 0) is 23.7 Å². The van der Waals surface area contributed by atoms with Gasteiger partial charge >= 0.3 is 0 Å². The summed E-state index contributed by atoms with van der Waals surface area (Å²) in [5, 5.41) is 87.5. The second-order valence-electron chi connectivity index (χ2n) is 23.6. The summed E-state index contributed by atoms with van der Waals surface area (Å²) in [5.41, 5.74) is 0. The highest BCUT2D eigenvalue weighted by atomic mass is 16.7. The molecule has 0 saturated carbocycles. The number of aliphatic hydroxyl groups excluding tert-OH is 8. The number of allylic oxidation sites excluding steroid dienone is 10. The Morgan fingerprint density at radius 3 is 1.29 bits per heavy atom. The van der Waals surface area contributed by atoms with Gasteiger partial charge in [-0.25, -0.2) is 0 Å². The minimum atomic E-state index is -1.79. The molecule has 12 atom stereocenters. The van der Waals surface area contributed by atoms with Gasteiger partial charge in [-0.1, -0.05) is 267 Å². The van der Waals surface area contributed by atoms with Gasteiger partial charge in [0.15, 0.2) is 12.6 Å². The number of unbranched alkanes of at least 4 members (excludes halogenated alkanes) is 31. The van der Waals surface area contributed by atoms with Gasteiger partial charge in [-0.3, -0.25) is 4.79 Å². The first kappa shape index (κ1) is 75.8. The lowest BCUT2D eigenvalue weighted by atomic mass is 9.97. The fraction of sp³-hybridized carbons (Fsp3) is 0.838. The summed E-state index contributed by atoms with van der Waals surface area (Å²) in [7, 11) is 0. The summed E-state index contributed by atoms with van der Waals surface area (Å²) in [6, 6.07) is -0.836. The molecule has 14 nitrogen and oxygen atoms in total. The van der Waals surface area contributed by atoms with Crippen molar-refractivity contribution in [2.24, 2.45) is 0 Å². The molecule has 0 bridgehead atoms. The predicted molar refractivity (Wildman–Crippen MR) is 332 cm³/mol. The molecule has 1 amide bonds. The van der Waals surface area contributed by atoms with E-state index in [4.69, 9.17) is 18.9 Å². The van der Waals surface area contributed by atoms with Crippen LogP contribution in [0.4, 0.5) is 0 Å². The third kappa shape index (κ3) is 37.3. The smallest absolute Gasteiger partial charge is 0.220 e. The van der Waals surface area contributed by atoms with Crippen LogP contribution in [0.5, 0.6) is 0 Å². The van der Waals surface area contributed by atoms with Gasteiger partial charge in [0.05, 0.1) is 32.0 Å². The van der Waals surface area contributed by atoms with Crippen molar-refractivity contribution in [2.75, 3.05) is 19.8 Å². The van der Waals surface area contributed by atoms with Crippen LogP contribution in [0.25, 0.3) is 0 Å². The number of hydrogen-bond donors (Lipinski definition) is 9. The number of rotatable bonds is 54. The molecule has 2 aliphatic rings. The Kier molecular flexibility index (Phi) is 49.0. The Hall–Kier alpha value is -2.31. The monoisotopic (exact) mass is 1160 g/mol. The van der Waals surface area contributed by atoms with Gasteiger partial charge in [-0.2, -0.15) is 0 Å². The molecule has 0 aromatic rings. The Morgan fingerprint density at radius 1 is 0.451 bits per heavy atom. The minimum absolute atomic E-state index is 0.212. The highest BCUT2D eigenvalue weighted by Gasteiger charge is 2.51. The van der Waals surface area contributed by atoms with Crippen LogP contribution in [0.1, 0.15) is 271 Å². The lowest BCUT2D eigenvalue weighted by Gasteiger charge is -2.46. The third-order valence-corrected chi connectivity index (χ3v) is 16.2. The predicted octanol–water partition coefficient (Wildman–Crippen LogP) is 12.9. The molecule has 2 heterocycles. The Labute approximate surface area is 498 Å². The van der Waals surface area contributed by atoms with Crippen LogP contribution in [0, 0.1) is 0 Å². The molecule has 9 N–H and O–H groups in total. The van der Waals surface area contributed by atoms with E-state index in [1.807, 2.05) is 0 Å². The van der Waals surface area contributed by atoms with Crippen molar-refractivity contribution in [1.82, 2.24) is 5.32 Å². The minimum Gasteiger partial charge on any atom is -0.394 e. The van der Waals surface area contributed by atoms with Crippen molar-refractivity contribution in [1.29, 1.82) is 0 Å². The Balaban J connectivity index is 1.70. The number of carbonyl (C=O) groups excluding carboxylic acids is 1. The van der Waals surface area contributed by atoms with Crippen LogP contribution >= 0.6 is 0 Å². The van der Waals surface area contributed by atoms with Gasteiger partial charge in [0.25, 0.3) is 0 Å². The third-order valence-electron chi connectivity index (χ3n) is 16.2. The summed E-state index contributed by atoms with van der Waals surface area (Å²) in [5.74, 6) is -0.212. The first-order chi connectivity index (χ1) is 40.1. The first-order valence-electron chi connectivity index (χ1n) is 33.5. The van der Waals surface area contributed by atoms with Gasteiger partial charge in [0, 0.05) is 6.42 Å². The van der Waals surface area contributed by atoms with Crippen LogP contribution < -0.4 is 5.32 Å². The second-order valence-corrected chi connectivity index (χ2v) is 23.6. The zero-order valence-corrected chi connectivity index (χ0v) is 51.7. The summed E-state index contributed by atoms with van der Waals surface area (Å²) in [4.78, 5) is 13.3. The molecule has 2 rings (SSSR count). The van der Waals surface area contributed by atoms with E-state index in [2.05, 4.69) is 79.9 Å². The van der Waals surface area contributed by atoms with E-state index in [1.54, 1.807) is 0 Å². The van der Waals surface area contributed by atoms with E-state index >= 15 is 0 Å². The zero-order valence-electron chi connectivity index (χ0n) is 51.7. The van der Waals surface area contributed by atoms with Gasteiger partial charge in [0.1, 0.15) is 48.8 Å². The molecule has 82 heavy (non-hydrogen) atoms. The summed E-state index contributed by atoms with van der Waals surface area (Å²) in [6.07, 6.45) is 52.2. The van der Waals surface area contributed by atoms with Crippen LogP contribution in [-0.4, -0.2) is 140 Å². The molecule has 2 saturated heterocycles. The van der Waals surface area contributed by atoms with Crippen molar-refractivity contribution in [2.45, 2.75) is 344 Å². The quantitative estimate of drug-likeness (QED) is 0.0204. The van der Waals surface area contributed by atoms with E-state index in [9.17, 15) is 45.6 Å². The van der Waals surface area contributed by atoms with Gasteiger partial charge in [-0.15, -0.1) is 0 Å². The number of aliphatic hydroxyl groups is 8. The normalized spacial score (nSPS) is 24.3. The maximum absolute atomic E-state index is 13.3.